The highest BCUT2D eigenvalue weighted by Gasteiger charge is 2.08. The molecule has 0 spiro atoms. The first-order valence-electron chi connectivity index (χ1n) is 7.03. The summed E-state index contributed by atoms with van der Waals surface area (Å²) in [4.78, 5) is 20.2. The van der Waals surface area contributed by atoms with Crippen LogP contribution >= 0.6 is 11.8 Å². The number of methoxy groups -OCH3 is 1. The lowest BCUT2D eigenvalue weighted by Crippen LogP contribution is -2.02. The summed E-state index contributed by atoms with van der Waals surface area (Å²) in [5.41, 5.74) is 0.603. The van der Waals surface area contributed by atoms with Gasteiger partial charge >= 0.3 is 5.97 Å². The van der Waals surface area contributed by atoms with Crippen LogP contribution in [-0.2, 0) is 9.53 Å². The van der Waals surface area contributed by atoms with Gasteiger partial charge in [0.1, 0.15) is 17.9 Å². The minimum Gasteiger partial charge on any atom is -0.468 e. The van der Waals surface area contributed by atoms with Crippen LogP contribution in [0.1, 0.15) is 0 Å². The van der Waals surface area contributed by atoms with E-state index in [-0.39, 0.29) is 23.4 Å². The van der Waals surface area contributed by atoms with Crippen molar-refractivity contribution < 1.29 is 18.7 Å². The highest BCUT2D eigenvalue weighted by atomic mass is 32.2. The van der Waals surface area contributed by atoms with E-state index in [1.807, 2.05) is 12.1 Å². The van der Waals surface area contributed by atoms with Gasteiger partial charge in [-0.25, -0.2) is 14.4 Å². The normalized spacial score (nSPS) is 10.6. The molecule has 3 aromatic rings. The number of carbonyl (C=O) groups is 1. The van der Waals surface area contributed by atoms with Crippen LogP contribution in [0.4, 0.5) is 4.39 Å². The van der Waals surface area contributed by atoms with Gasteiger partial charge in [-0.2, -0.15) is 0 Å². The Hall–Kier alpha value is -2.67. The predicted octanol–water partition coefficient (Wildman–Crippen LogP) is 3.83. The molecule has 0 aliphatic heterocycles. The van der Waals surface area contributed by atoms with Gasteiger partial charge in [0.25, 0.3) is 0 Å². The molecule has 0 saturated heterocycles. The van der Waals surface area contributed by atoms with Crippen LogP contribution in [-0.4, -0.2) is 28.8 Å². The molecule has 1 heterocycles. The second-order valence-electron chi connectivity index (χ2n) is 4.78. The Morgan fingerprint density at radius 2 is 1.96 bits per heavy atom. The molecule has 0 aliphatic rings. The molecule has 0 unspecified atom stereocenters. The molecule has 2 aromatic carbocycles. The standard InChI is InChI=1S/C17H13FN2O3S/c1-22-16(21)9-24-13-5-3-12(4-6-13)23-17-14-8-11(18)2-7-15(14)19-10-20-17/h2-8,10H,9H2,1H3. The SMILES string of the molecule is COC(=O)CSc1ccc(Oc2ncnc3ccc(F)cc23)cc1. The number of thioether (sulfide) groups is 1. The van der Waals surface area contributed by atoms with Gasteiger partial charge in [0.05, 0.1) is 23.8 Å². The maximum absolute atomic E-state index is 13.4. The highest BCUT2D eigenvalue weighted by Crippen LogP contribution is 2.28. The van der Waals surface area contributed by atoms with E-state index in [2.05, 4.69) is 14.7 Å². The number of aromatic nitrogens is 2. The molecular weight excluding hydrogens is 331 g/mol. The minimum atomic E-state index is -0.378. The third-order valence-corrected chi connectivity index (χ3v) is 4.17. The van der Waals surface area contributed by atoms with E-state index in [1.54, 1.807) is 18.2 Å². The molecule has 0 radical (unpaired) electrons. The summed E-state index contributed by atoms with van der Waals surface area (Å²) in [6, 6.07) is 11.4. The Balaban J connectivity index is 1.77. The van der Waals surface area contributed by atoms with Gasteiger partial charge in [0.2, 0.25) is 5.88 Å². The van der Waals surface area contributed by atoms with Crippen molar-refractivity contribution >= 4 is 28.6 Å². The van der Waals surface area contributed by atoms with Gasteiger partial charge in [-0.15, -0.1) is 11.8 Å². The van der Waals surface area contributed by atoms with Crippen molar-refractivity contribution in [3.63, 3.8) is 0 Å². The Morgan fingerprint density at radius 1 is 1.17 bits per heavy atom. The van der Waals surface area contributed by atoms with Crippen molar-refractivity contribution in [1.82, 2.24) is 9.97 Å². The zero-order valence-corrected chi connectivity index (χ0v) is 13.5. The van der Waals surface area contributed by atoms with E-state index in [4.69, 9.17) is 4.74 Å². The lowest BCUT2D eigenvalue weighted by atomic mass is 10.2. The van der Waals surface area contributed by atoms with E-state index in [1.165, 1.54) is 37.3 Å². The van der Waals surface area contributed by atoms with Crippen LogP contribution in [0.5, 0.6) is 11.6 Å². The monoisotopic (exact) mass is 344 g/mol. The largest absolute Gasteiger partial charge is 0.468 e. The molecule has 0 N–H and O–H groups in total. The summed E-state index contributed by atoms with van der Waals surface area (Å²) in [6.07, 6.45) is 1.37. The molecule has 122 valence electrons. The Morgan fingerprint density at radius 3 is 2.71 bits per heavy atom. The van der Waals surface area contributed by atoms with E-state index in [9.17, 15) is 9.18 Å². The fourth-order valence-corrected chi connectivity index (χ4v) is 2.73. The Bertz CT molecular complexity index is 871. The first-order chi connectivity index (χ1) is 11.7. The molecule has 1 aromatic heterocycles. The van der Waals surface area contributed by atoms with Crippen LogP contribution in [0.2, 0.25) is 0 Å². The number of esters is 1. The molecule has 0 amide bonds. The summed E-state index contributed by atoms with van der Waals surface area (Å²) in [5.74, 6) is 0.426. The van der Waals surface area contributed by atoms with Gasteiger partial charge in [-0.1, -0.05) is 0 Å². The molecule has 24 heavy (non-hydrogen) atoms. The molecule has 3 rings (SSSR count). The molecule has 0 atom stereocenters. The molecule has 7 heteroatoms. The average Bonchev–Trinajstić information content (AvgIpc) is 2.61. The molecular formula is C17H13FN2O3S. The second-order valence-corrected chi connectivity index (χ2v) is 5.83. The summed E-state index contributed by atoms with van der Waals surface area (Å²) < 4.78 is 23.8. The quantitative estimate of drug-likeness (QED) is 0.518. The van der Waals surface area contributed by atoms with Crippen molar-refractivity contribution in [2.45, 2.75) is 4.90 Å². The fourth-order valence-electron chi connectivity index (χ4n) is 2.00. The number of carbonyl (C=O) groups excluding carboxylic acids is 1. The van der Waals surface area contributed by atoms with E-state index in [0.29, 0.717) is 16.7 Å². The van der Waals surface area contributed by atoms with Crippen LogP contribution in [0, 0.1) is 5.82 Å². The van der Waals surface area contributed by atoms with Crippen LogP contribution < -0.4 is 4.74 Å². The smallest absolute Gasteiger partial charge is 0.315 e. The van der Waals surface area contributed by atoms with E-state index < -0.39 is 0 Å². The first-order valence-corrected chi connectivity index (χ1v) is 8.02. The topological polar surface area (TPSA) is 61.3 Å². The van der Waals surface area contributed by atoms with Gasteiger partial charge in [0, 0.05) is 4.90 Å². The number of hydrogen-bond acceptors (Lipinski definition) is 6. The molecule has 0 bridgehead atoms. The summed E-state index contributed by atoms with van der Waals surface area (Å²) in [7, 11) is 1.36. The number of fused-ring (bicyclic) bond motifs is 1. The molecule has 0 saturated carbocycles. The fraction of sp³-hybridized carbons (Fsp3) is 0.118. The highest BCUT2D eigenvalue weighted by molar-refractivity contribution is 8.00. The number of ether oxygens (including phenoxy) is 2. The van der Waals surface area contributed by atoms with Crippen molar-refractivity contribution in [3.8, 4) is 11.6 Å². The predicted molar refractivity (Wildman–Crippen MR) is 88.8 cm³/mol. The zero-order valence-electron chi connectivity index (χ0n) is 12.7. The number of rotatable bonds is 5. The van der Waals surface area contributed by atoms with Crippen LogP contribution in [0.15, 0.2) is 53.7 Å². The molecule has 5 nitrogen and oxygen atoms in total. The molecule has 0 aliphatic carbocycles. The Labute approximate surface area is 141 Å². The lowest BCUT2D eigenvalue weighted by Gasteiger charge is -2.08. The van der Waals surface area contributed by atoms with Gasteiger partial charge < -0.3 is 9.47 Å². The maximum atomic E-state index is 13.4. The van der Waals surface area contributed by atoms with Gasteiger partial charge in [0.15, 0.2) is 0 Å². The third kappa shape index (κ3) is 3.80. The van der Waals surface area contributed by atoms with Gasteiger partial charge in [-0.05, 0) is 42.5 Å². The van der Waals surface area contributed by atoms with Crippen LogP contribution in [0.3, 0.4) is 0 Å². The Kier molecular flexibility index (Phi) is 4.90. The number of halogens is 1. The van der Waals surface area contributed by atoms with Crippen molar-refractivity contribution in [1.29, 1.82) is 0 Å². The second kappa shape index (κ2) is 7.27. The third-order valence-electron chi connectivity index (χ3n) is 3.18. The van der Waals surface area contributed by atoms with E-state index in [0.717, 1.165) is 4.90 Å². The summed E-state index contributed by atoms with van der Waals surface area (Å²) in [6.45, 7) is 0. The maximum Gasteiger partial charge on any atom is 0.315 e. The van der Waals surface area contributed by atoms with Crippen molar-refractivity contribution in [2.24, 2.45) is 0 Å². The van der Waals surface area contributed by atoms with Crippen LogP contribution in [0.25, 0.3) is 10.9 Å². The average molecular weight is 344 g/mol. The van der Waals surface area contributed by atoms with Gasteiger partial charge in [-0.3, -0.25) is 4.79 Å². The van der Waals surface area contributed by atoms with Crippen molar-refractivity contribution in [3.05, 3.63) is 54.6 Å². The first kappa shape index (κ1) is 16.2. The summed E-state index contributed by atoms with van der Waals surface area (Å²) >= 11 is 1.37. The molecule has 0 fully saturated rings. The lowest BCUT2D eigenvalue weighted by molar-refractivity contribution is -0.137. The van der Waals surface area contributed by atoms with E-state index >= 15 is 0 Å². The number of nitrogens with zero attached hydrogens (tertiary/aromatic N) is 2. The number of benzene rings is 2. The number of hydrogen-bond donors (Lipinski definition) is 0. The zero-order chi connectivity index (χ0) is 16.9. The minimum absolute atomic E-state index is 0.243. The summed E-state index contributed by atoms with van der Waals surface area (Å²) in [5, 5.41) is 0.502. The van der Waals surface area contributed by atoms with Crippen molar-refractivity contribution in [2.75, 3.05) is 12.9 Å².